The van der Waals surface area contributed by atoms with Gasteiger partial charge < -0.3 is 0 Å². The molecule has 1 aromatic heterocycles. The second kappa shape index (κ2) is 4.97. The Morgan fingerprint density at radius 1 is 1.06 bits per heavy atom. The van der Waals surface area contributed by atoms with E-state index in [-0.39, 0.29) is 5.41 Å². The first-order valence-corrected chi connectivity index (χ1v) is 6.55. The average molecular weight is 242 g/mol. The van der Waals surface area contributed by atoms with Crippen molar-refractivity contribution in [1.29, 1.82) is 0 Å². The molecule has 0 saturated heterocycles. The van der Waals surface area contributed by atoms with E-state index in [9.17, 15) is 0 Å². The standard InChI is InChI=1S/C16H22N2/c1-12-11-15(18-17-12)10-7-13-5-8-14(9-6-13)16(2,3)4/h5-6,8-9,11H,7,10H2,1-4H3,(H,17,18). The van der Waals surface area contributed by atoms with Crippen molar-refractivity contribution in [3.63, 3.8) is 0 Å². The molecule has 0 aliphatic heterocycles. The van der Waals surface area contributed by atoms with E-state index in [1.165, 1.54) is 11.1 Å². The zero-order chi connectivity index (χ0) is 13.2. The zero-order valence-electron chi connectivity index (χ0n) is 11.7. The minimum atomic E-state index is 0.234. The third-order valence-electron chi connectivity index (χ3n) is 3.25. The van der Waals surface area contributed by atoms with Gasteiger partial charge in [-0.1, -0.05) is 45.0 Å². The van der Waals surface area contributed by atoms with Gasteiger partial charge in [0.2, 0.25) is 0 Å². The lowest BCUT2D eigenvalue weighted by molar-refractivity contribution is 0.590. The second-order valence-electron chi connectivity index (χ2n) is 5.99. The quantitative estimate of drug-likeness (QED) is 0.871. The Morgan fingerprint density at radius 2 is 1.72 bits per heavy atom. The van der Waals surface area contributed by atoms with Gasteiger partial charge in [0.1, 0.15) is 0 Å². The topological polar surface area (TPSA) is 28.7 Å². The first-order valence-electron chi connectivity index (χ1n) is 6.55. The summed E-state index contributed by atoms with van der Waals surface area (Å²) in [5.41, 5.74) is 5.28. The van der Waals surface area contributed by atoms with Crippen LogP contribution in [-0.4, -0.2) is 10.2 Å². The van der Waals surface area contributed by atoms with Gasteiger partial charge in [0.15, 0.2) is 0 Å². The second-order valence-corrected chi connectivity index (χ2v) is 5.99. The predicted molar refractivity (Wildman–Crippen MR) is 75.9 cm³/mol. The van der Waals surface area contributed by atoms with Gasteiger partial charge in [-0.3, -0.25) is 5.10 Å². The highest BCUT2D eigenvalue weighted by atomic mass is 15.1. The maximum atomic E-state index is 4.26. The van der Waals surface area contributed by atoms with Gasteiger partial charge in [-0.05, 0) is 42.4 Å². The van der Waals surface area contributed by atoms with E-state index in [2.05, 4.69) is 61.3 Å². The van der Waals surface area contributed by atoms with Crippen LogP contribution in [0.3, 0.4) is 0 Å². The van der Waals surface area contributed by atoms with Crippen molar-refractivity contribution in [2.75, 3.05) is 0 Å². The largest absolute Gasteiger partial charge is 0.283 e. The summed E-state index contributed by atoms with van der Waals surface area (Å²) < 4.78 is 0. The molecule has 2 rings (SSSR count). The van der Waals surface area contributed by atoms with Crippen molar-refractivity contribution in [1.82, 2.24) is 10.2 Å². The molecular formula is C16H22N2. The zero-order valence-corrected chi connectivity index (χ0v) is 11.7. The highest BCUT2D eigenvalue weighted by Gasteiger charge is 2.12. The van der Waals surface area contributed by atoms with Crippen LogP contribution in [0.2, 0.25) is 0 Å². The Balaban J connectivity index is 1.98. The van der Waals surface area contributed by atoms with Crippen molar-refractivity contribution in [3.8, 4) is 0 Å². The van der Waals surface area contributed by atoms with Crippen LogP contribution < -0.4 is 0 Å². The molecule has 0 saturated carbocycles. The Labute approximate surface area is 109 Å². The molecule has 18 heavy (non-hydrogen) atoms. The summed E-state index contributed by atoms with van der Waals surface area (Å²) in [7, 11) is 0. The van der Waals surface area contributed by atoms with Crippen LogP contribution in [-0.2, 0) is 18.3 Å². The first-order chi connectivity index (χ1) is 8.45. The fourth-order valence-corrected chi connectivity index (χ4v) is 2.05. The minimum absolute atomic E-state index is 0.234. The van der Waals surface area contributed by atoms with E-state index >= 15 is 0 Å². The molecular weight excluding hydrogens is 220 g/mol. The number of H-pyrrole nitrogens is 1. The molecule has 2 aromatic rings. The van der Waals surface area contributed by atoms with E-state index in [4.69, 9.17) is 0 Å². The van der Waals surface area contributed by atoms with Crippen LogP contribution in [0.5, 0.6) is 0 Å². The number of benzene rings is 1. The number of aromatic amines is 1. The smallest absolute Gasteiger partial charge is 0.0628 e. The van der Waals surface area contributed by atoms with E-state index < -0.39 is 0 Å². The summed E-state index contributed by atoms with van der Waals surface area (Å²) in [4.78, 5) is 0. The fourth-order valence-electron chi connectivity index (χ4n) is 2.05. The van der Waals surface area contributed by atoms with Crippen LogP contribution in [0.25, 0.3) is 0 Å². The summed E-state index contributed by atoms with van der Waals surface area (Å²) in [6.07, 6.45) is 2.05. The third-order valence-corrected chi connectivity index (χ3v) is 3.25. The normalized spacial score (nSPS) is 11.8. The maximum Gasteiger partial charge on any atom is 0.0628 e. The van der Waals surface area contributed by atoms with Gasteiger partial charge in [0.05, 0.1) is 5.69 Å². The van der Waals surface area contributed by atoms with Crippen molar-refractivity contribution in [2.24, 2.45) is 0 Å². The molecule has 1 N–H and O–H groups in total. The summed E-state index contributed by atoms with van der Waals surface area (Å²) in [6, 6.07) is 11.1. The molecule has 1 aromatic carbocycles. The average Bonchev–Trinajstić information content (AvgIpc) is 2.72. The third kappa shape index (κ3) is 3.22. The summed E-state index contributed by atoms with van der Waals surface area (Å²) in [5.74, 6) is 0. The molecule has 0 fully saturated rings. The van der Waals surface area contributed by atoms with E-state index in [1.807, 2.05) is 6.92 Å². The van der Waals surface area contributed by atoms with Gasteiger partial charge in [0.25, 0.3) is 0 Å². The molecule has 0 unspecified atom stereocenters. The molecule has 1 heterocycles. The predicted octanol–water partition coefficient (Wildman–Crippen LogP) is 3.80. The molecule has 0 radical (unpaired) electrons. The Morgan fingerprint density at radius 3 is 2.22 bits per heavy atom. The van der Waals surface area contributed by atoms with Crippen molar-refractivity contribution >= 4 is 0 Å². The molecule has 96 valence electrons. The molecule has 0 aliphatic carbocycles. The molecule has 0 bridgehead atoms. The van der Waals surface area contributed by atoms with E-state index in [0.717, 1.165) is 24.2 Å². The molecule has 0 aliphatic rings. The number of nitrogens with one attached hydrogen (secondary N) is 1. The fraction of sp³-hybridized carbons (Fsp3) is 0.438. The van der Waals surface area contributed by atoms with Crippen LogP contribution in [0.1, 0.15) is 43.3 Å². The maximum absolute atomic E-state index is 4.26. The molecule has 2 heteroatoms. The molecule has 2 nitrogen and oxygen atoms in total. The van der Waals surface area contributed by atoms with Crippen molar-refractivity contribution in [2.45, 2.75) is 46.0 Å². The molecule has 0 spiro atoms. The lowest BCUT2D eigenvalue weighted by Crippen LogP contribution is -2.10. The number of aromatic nitrogens is 2. The SMILES string of the molecule is Cc1cc(CCc2ccc(C(C)(C)C)cc2)n[nH]1. The number of nitrogens with zero attached hydrogens (tertiary/aromatic N) is 1. The number of rotatable bonds is 3. The summed E-state index contributed by atoms with van der Waals surface area (Å²) in [5, 5.41) is 7.25. The highest BCUT2D eigenvalue weighted by Crippen LogP contribution is 2.22. The lowest BCUT2D eigenvalue weighted by atomic mass is 9.86. The van der Waals surface area contributed by atoms with Gasteiger partial charge in [-0.15, -0.1) is 0 Å². The Bertz CT molecular complexity index is 501. The van der Waals surface area contributed by atoms with Crippen LogP contribution in [0.4, 0.5) is 0 Å². The van der Waals surface area contributed by atoms with Gasteiger partial charge in [-0.25, -0.2) is 0 Å². The van der Waals surface area contributed by atoms with Crippen LogP contribution in [0.15, 0.2) is 30.3 Å². The van der Waals surface area contributed by atoms with E-state index in [0.29, 0.717) is 0 Å². The highest BCUT2D eigenvalue weighted by molar-refractivity contribution is 5.28. The van der Waals surface area contributed by atoms with Crippen LogP contribution >= 0.6 is 0 Å². The van der Waals surface area contributed by atoms with Crippen molar-refractivity contribution in [3.05, 3.63) is 52.8 Å². The Hall–Kier alpha value is -1.57. The number of aryl methyl sites for hydroxylation is 3. The number of hydrogen-bond donors (Lipinski definition) is 1. The molecule has 0 amide bonds. The van der Waals surface area contributed by atoms with Gasteiger partial charge >= 0.3 is 0 Å². The summed E-state index contributed by atoms with van der Waals surface area (Å²) >= 11 is 0. The minimum Gasteiger partial charge on any atom is -0.283 e. The van der Waals surface area contributed by atoms with Crippen LogP contribution in [0, 0.1) is 6.92 Å². The van der Waals surface area contributed by atoms with Gasteiger partial charge in [-0.2, -0.15) is 5.10 Å². The molecule has 0 atom stereocenters. The lowest BCUT2D eigenvalue weighted by Gasteiger charge is -2.19. The number of hydrogen-bond acceptors (Lipinski definition) is 1. The van der Waals surface area contributed by atoms with E-state index in [1.54, 1.807) is 0 Å². The van der Waals surface area contributed by atoms with Crippen molar-refractivity contribution < 1.29 is 0 Å². The Kier molecular flexibility index (Phi) is 3.55. The summed E-state index contributed by atoms with van der Waals surface area (Å²) in [6.45, 7) is 8.77. The monoisotopic (exact) mass is 242 g/mol. The van der Waals surface area contributed by atoms with Gasteiger partial charge in [0, 0.05) is 5.69 Å². The first kappa shape index (κ1) is 12.9.